The Kier molecular flexibility index (Phi) is 3.78. The Labute approximate surface area is 121 Å². The molecule has 0 saturated carbocycles. The lowest BCUT2D eigenvalue weighted by molar-refractivity contribution is 0.539. The molecule has 0 aliphatic rings. The van der Waals surface area contributed by atoms with E-state index < -0.39 is 16.6 Å². The van der Waals surface area contributed by atoms with Crippen molar-refractivity contribution in [2.75, 3.05) is 4.98 Å². The molecule has 2 aromatic rings. The Morgan fingerprint density at radius 1 is 0.950 bits per heavy atom. The summed E-state index contributed by atoms with van der Waals surface area (Å²) < 4.78 is 6.03. The molecule has 6 nitrogen and oxygen atoms in total. The van der Waals surface area contributed by atoms with Gasteiger partial charge in [-0.1, -0.05) is 19.6 Å². The number of fused-ring (bicyclic) bond motifs is 1. The minimum absolute atomic E-state index is 0.531. The molecule has 2 aromatic heterocycles. The first-order valence-corrected chi connectivity index (χ1v) is 13.5. The van der Waals surface area contributed by atoms with Crippen LogP contribution in [0.15, 0.2) is 12.4 Å². The molecule has 1 N–H and O–H groups in total. The van der Waals surface area contributed by atoms with Crippen molar-refractivity contribution in [2.24, 2.45) is 0 Å². The van der Waals surface area contributed by atoms with Gasteiger partial charge in [0.2, 0.25) is 20.1 Å². The largest absolute Gasteiger partial charge is 0.530 e. The van der Waals surface area contributed by atoms with E-state index in [9.17, 15) is 0 Å². The van der Waals surface area contributed by atoms with E-state index in [-0.39, 0.29) is 0 Å². The van der Waals surface area contributed by atoms with Crippen LogP contribution in [0.4, 0.5) is 5.95 Å². The fourth-order valence-corrected chi connectivity index (χ4v) is 3.10. The Morgan fingerprint density at radius 2 is 1.60 bits per heavy atom. The molecule has 0 unspecified atom stereocenters. The number of nitrogens with zero attached hydrogens (tertiary/aromatic N) is 4. The van der Waals surface area contributed by atoms with Crippen molar-refractivity contribution in [3.8, 4) is 5.88 Å². The highest BCUT2D eigenvalue weighted by Crippen LogP contribution is 2.23. The summed E-state index contributed by atoms with van der Waals surface area (Å²) in [5.41, 5.74) is 1.19. The van der Waals surface area contributed by atoms with Gasteiger partial charge in [0, 0.05) is 12.4 Å². The fourth-order valence-electron chi connectivity index (χ4n) is 1.59. The topological polar surface area (TPSA) is 72.8 Å². The normalized spacial score (nSPS) is 12.5. The quantitative estimate of drug-likeness (QED) is 0.876. The molecule has 0 bridgehead atoms. The summed E-state index contributed by atoms with van der Waals surface area (Å²) in [6, 6.07) is 0. The van der Waals surface area contributed by atoms with E-state index in [2.05, 4.69) is 64.2 Å². The van der Waals surface area contributed by atoms with Crippen molar-refractivity contribution in [3.63, 3.8) is 0 Å². The van der Waals surface area contributed by atoms with Gasteiger partial charge in [-0.2, -0.15) is 9.97 Å². The van der Waals surface area contributed by atoms with Crippen molar-refractivity contribution in [1.29, 1.82) is 0 Å². The Balaban J connectivity index is 2.52. The van der Waals surface area contributed by atoms with Crippen LogP contribution in [-0.2, 0) is 0 Å². The minimum atomic E-state index is -1.77. The molecule has 0 aliphatic heterocycles. The maximum atomic E-state index is 6.03. The number of aromatic nitrogens is 4. The van der Waals surface area contributed by atoms with Gasteiger partial charge in [0.1, 0.15) is 8.24 Å². The molecule has 20 heavy (non-hydrogen) atoms. The zero-order valence-corrected chi connectivity index (χ0v) is 14.9. The van der Waals surface area contributed by atoms with Gasteiger partial charge in [-0.15, -0.1) is 0 Å². The molecule has 0 aromatic carbocycles. The van der Waals surface area contributed by atoms with Crippen molar-refractivity contribution < 1.29 is 4.43 Å². The monoisotopic (exact) mass is 307 g/mol. The first kappa shape index (κ1) is 14.9. The van der Waals surface area contributed by atoms with Crippen LogP contribution in [-0.4, -0.2) is 36.5 Å². The number of nitrogens with one attached hydrogen (secondary N) is 1. The second-order valence-corrected chi connectivity index (χ2v) is 15.8. The third kappa shape index (κ3) is 3.97. The summed E-state index contributed by atoms with van der Waals surface area (Å²) >= 11 is 0. The van der Waals surface area contributed by atoms with Gasteiger partial charge in [-0.05, 0) is 19.6 Å². The van der Waals surface area contributed by atoms with Gasteiger partial charge in [0.25, 0.3) is 0 Å². The third-order valence-corrected chi connectivity index (χ3v) is 3.97. The predicted molar refractivity (Wildman–Crippen MR) is 86.1 cm³/mol. The lowest BCUT2D eigenvalue weighted by atomic mass is 10.5. The van der Waals surface area contributed by atoms with E-state index in [0.717, 1.165) is 0 Å². The van der Waals surface area contributed by atoms with Crippen molar-refractivity contribution in [1.82, 2.24) is 19.9 Å². The maximum Gasteiger partial charge on any atom is 0.244 e. The second kappa shape index (κ2) is 5.09. The summed E-state index contributed by atoms with van der Waals surface area (Å²) in [5.74, 6) is 1.11. The zero-order chi connectivity index (χ0) is 15.0. The molecule has 0 spiro atoms. The molecule has 108 valence electrons. The average molecular weight is 308 g/mol. The van der Waals surface area contributed by atoms with Crippen LogP contribution in [0.5, 0.6) is 5.88 Å². The zero-order valence-electron chi connectivity index (χ0n) is 12.9. The molecule has 2 rings (SSSR count). The van der Waals surface area contributed by atoms with Gasteiger partial charge >= 0.3 is 0 Å². The van der Waals surface area contributed by atoms with Crippen LogP contribution in [0.2, 0.25) is 39.3 Å². The van der Waals surface area contributed by atoms with Gasteiger partial charge in [-0.3, -0.25) is 0 Å². The van der Waals surface area contributed by atoms with Gasteiger partial charge in [-0.25, -0.2) is 9.97 Å². The van der Waals surface area contributed by atoms with Gasteiger partial charge in [0.15, 0.2) is 11.2 Å². The second-order valence-electron chi connectivity index (χ2n) is 6.67. The molecule has 0 aliphatic carbocycles. The van der Waals surface area contributed by atoms with Gasteiger partial charge in [0.05, 0.1) is 0 Å². The van der Waals surface area contributed by atoms with E-state index in [1.54, 1.807) is 12.4 Å². The Morgan fingerprint density at radius 3 is 2.20 bits per heavy atom. The summed E-state index contributed by atoms with van der Waals surface area (Å²) in [6.45, 7) is 12.9. The van der Waals surface area contributed by atoms with Crippen LogP contribution < -0.4 is 9.41 Å². The van der Waals surface area contributed by atoms with E-state index in [1.807, 2.05) is 0 Å². The molecule has 0 amide bonds. The lowest BCUT2D eigenvalue weighted by Crippen LogP contribution is -2.34. The summed E-state index contributed by atoms with van der Waals surface area (Å²) in [4.78, 5) is 20.9. The Bertz CT molecular complexity index is 621. The summed E-state index contributed by atoms with van der Waals surface area (Å²) in [5, 5.41) is 0. The highest BCUT2D eigenvalue weighted by atomic mass is 28.4. The summed E-state index contributed by atoms with van der Waals surface area (Å²) in [6.07, 6.45) is 3.26. The number of hydrogen-bond acceptors (Lipinski definition) is 6. The molecular weight excluding hydrogens is 286 g/mol. The molecule has 0 radical (unpaired) electrons. The predicted octanol–water partition coefficient (Wildman–Crippen LogP) is 2.88. The summed E-state index contributed by atoms with van der Waals surface area (Å²) in [7, 11) is -3.31. The molecule has 8 heteroatoms. The molecule has 0 saturated heterocycles. The third-order valence-electron chi connectivity index (χ3n) is 2.19. The highest BCUT2D eigenvalue weighted by Gasteiger charge is 2.22. The van der Waals surface area contributed by atoms with Crippen LogP contribution in [0.1, 0.15) is 0 Å². The van der Waals surface area contributed by atoms with Gasteiger partial charge < -0.3 is 9.41 Å². The van der Waals surface area contributed by atoms with E-state index >= 15 is 0 Å². The number of anilines is 1. The Hall–Kier alpha value is -1.55. The van der Waals surface area contributed by atoms with Crippen LogP contribution >= 0.6 is 0 Å². The van der Waals surface area contributed by atoms with Crippen LogP contribution in [0, 0.1) is 0 Å². The number of rotatable bonds is 4. The molecule has 0 fully saturated rings. The minimum Gasteiger partial charge on any atom is -0.530 e. The lowest BCUT2D eigenvalue weighted by Gasteiger charge is -2.21. The van der Waals surface area contributed by atoms with Crippen LogP contribution in [0.3, 0.4) is 0 Å². The standard InChI is InChI=1S/C12H21N5OSi2/c1-19(2,3)17-12-15-10-9(13-7-8-14-10)11(16-12)18-20(4,5)6/h7-8H,1-6H3,(H,14,15,16,17). The average Bonchev–Trinajstić information content (AvgIpc) is 2.24. The van der Waals surface area contributed by atoms with Crippen LogP contribution in [0.25, 0.3) is 11.2 Å². The van der Waals surface area contributed by atoms with E-state index in [0.29, 0.717) is 23.0 Å². The first-order chi connectivity index (χ1) is 9.14. The van der Waals surface area contributed by atoms with Crippen molar-refractivity contribution >= 4 is 33.7 Å². The molecular formula is C12H21N5OSi2. The van der Waals surface area contributed by atoms with E-state index in [4.69, 9.17) is 4.43 Å². The van der Waals surface area contributed by atoms with E-state index in [1.165, 1.54) is 0 Å². The highest BCUT2D eigenvalue weighted by molar-refractivity contribution is 6.79. The number of hydrogen-bond donors (Lipinski definition) is 1. The van der Waals surface area contributed by atoms with Crippen molar-refractivity contribution in [2.45, 2.75) is 39.3 Å². The van der Waals surface area contributed by atoms with Crippen molar-refractivity contribution in [3.05, 3.63) is 12.4 Å². The smallest absolute Gasteiger partial charge is 0.244 e. The maximum absolute atomic E-state index is 6.03. The fraction of sp³-hybridized carbons (Fsp3) is 0.500. The molecule has 0 atom stereocenters. The SMILES string of the molecule is C[Si](C)(C)Nc1nc(O[Si](C)(C)C)c2nccnc2n1. The molecule has 2 heterocycles. The first-order valence-electron chi connectivity index (χ1n) is 6.60.